The number of aliphatic hydroxyl groups excluding tert-OH is 1. The summed E-state index contributed by atoms with van der Waals surface area (Å²) in [6, 6.07) is 7.13. The lowest BCUT2D eigenvalue weighted by atomic mass is 10.2. The molecule has 22 heavy (non-hydrogen) atoms. The Kier molecular flexibility index (Phi) is 3.67. The van der Waals surface area contributed by atoms with E-state index in [1.54, 1.807) is 30.6 Å². The minimum atomic E-state index is -0.457. The molecule has 8 heteroatoms. The lowest BCUT2D eigenvalue weighted by Gasteiger charge is -2.13. The van der Waals surface area contributed by atoms with Gasteiger partial charge in [-0.1, -0.05) is 6.07 Å². The molecule has 1 aliphatic heterocycles. The van der Waals surface area contributed by atoms with Crippen LogP contribution in [0.15, 0.2) is 48.4 Å². The number of aliphatic hydroxyl groups is 1. The number of rotatable bonds is 5. The standard InChI is InChI=1S/C14H13N5O3/c20-7-6-18-13(21)9-12(14(18)22)17-10-2-1-3-11(8-10)19-15-4-5-16-19/h1-5,8-9,17,20H,6-7H2. The van der Waals surface area contributed by atoms with Gasteiger partial charge in [-0.2, -0.15) is 15.0 Å². The Hall–Kier alpha value is -3.00. The number of aromatic nitrogens is 3. The Labute approximate surface area is 125 Å². The SMILES string of the molecule is O=C1C=C(Nc2cccc(-n3nccn3)c2)C(=O)N1CCO. The average Bonchev–Trinajstić information content (AvgIpc) is 3.13. The maximum absolute atomic E-state index is 12.1. The minimum absolute atomic E-state index is 0.0173. The molecule has 0 radical (unpaired) electrons. The molecule has 112 valence electrons. The van der Waals surface area contributed by atoms with E-state index in [0.29, 0.717) is 5.69 Å². The highest BCUT2D eigenvalue weighted by Gasteiger charge is 2.30. The molecule has 0 saturated carbocycles. The number of amides is 2. The van der Waals surface area contributed by atoms with Gasteiger partial charge in [-0.15, -0.1) is 0 Å². The molecule has 3 rings (SSSR count). The number of carbonyl (C=O) groups is 2. The van der Waals surface area contributed by atoms with Crippen LogP contribution in [0.4, 0.5) is 5.69 Å². The van der Waals surface area contributed by atoms with Crippen molar-refractivity contribution >= 4 is 17.5 Å². The van der Waals surface area contributed by atoms with Crippen molar-refractivity contribution in [3.05, 3.63) is 48.4 Å². The van der Waals surface area contributed by atoms with Crippen molar-refractivity contribution in [1.29, 1.82) is 0 Å². The van der Waals surface area contributed by atoms with Crippen molar-refractivity contribution in [2.75, 3.05) is 18.5 Å². The highest BCUT2D eigenvalue weighted by atomic mass is 16.3. The summed E-state index contributed by atoms with van der Waals surface area (Å²) in [5.74, 6) is -0.895. The van der Waals surface area contributed by atoms with Crippen LogP contribution in [-0.4, -0.2) is 50.0 Å². The van der Waals surface area contributed by atoms with Gasteiger partial charge in [-0.25, -0.2) is 0 Å². The van der Waals surface area contributed by atoms with Gasteiger partial charge in [0.15, 0.2) is 0 Å². The first-order valence-electron chi connectivity index (χ1n) is 6.61. The molecule has 2 heterocycles. The maximum Gasteiger partial charge on any atom is 0.277 e. The molecule has 2 aromatic rings. The number of nitrogens with zero attached hydrogens (tertiary/aromatic N) is 4. The summed E-state index contributed by atoms with van der Waals surface area (Å²) in [4.78, 5) is 26.2. The van der Waals surface area contributed by atoms with Crippen molar-refractivity contribution in [1.82, 2.24) is 19.9 Å². The number of nitrogens with one attached hydrogen (secondary N) is 1. The smallest absolute Gasteiger partial charge is 0.277 e. The van der Waals surface area contributed by atoms with Gasteiger partial charge in [-0.3, -0.25) is 14.5 Å². The first kappa shape index (κ1) is 14.0. The van der Waals surface area contributed by atoms with Crippen LogP contribution in [0.3, 0.4) is 0 Å². The Morgan fingerprint density at radius 1 is 1.18 bits per heavy atom. The van der Waals surface area contributed by atoms with Crippen molar-refractivity contribution in [3.63, 3.8) is 0 Å². The summed E-state index contributed by atoms with van der Waals surface area (Å²) in [5, 5.41) is 19.8. The second-order valence-electron chi connectivity index (χ2n) is 4.57. The third-order valence-electron chi connectivity index (χ3n) is 3.11. The maximum atomic E-state index is 12.1. The van der Waals surface area contributed by atoms with E-state index < -0.39 is 11.8 Å². The van der Waals surface area contributed by atoms with Gasteiger partial charge >= 0.3 is 0 Å². The predicted octanol–water partition coefficient (Wildman–Crippen LogP) is -0.0758. The number of anilines is 1. The second kappa shape index (κ2) is 5.78. The third kappa shape index (κ3) is 2.59. The number of β-amino-alcohol motifs (C(OH)–C–C–N with tert-alkyl or cyclic N) is 1. The van der Waals surface area contributed by atoms with Crippen LogP contribution in [0.1, 0.15) is 0 Å². The zero-order chi connectivity index (χ0) is 15.5. The summed E-state index contributed by atoms with van der Waals surface area (Å²) < 4.78 is 0. The van der Waals surface area contributed by atoms with Crippen molar-refractivity contribution in [3.8, 4) is 5.69 Å². The molecule has 1 aliphatic rings. The summed E-state index contributed by atoms with van der Waals surface area (Å²) in [5.41, 5.74) is 1.52. The van der Waals surface area contributed by atoms with Gasteiger partial charge in [0.2, 0.25) is 0 Å². The van der Waals surface area contributed by atoms with Crippen LogP contribution >= 0.6 is 0 Å². The van der Waals surface area contributed by atoms with Crippen molar-refractivity contribution in [2.24, 2.45) is 0 Å². The molecular formula is C14H13N5O3. The number of carbonyl (C=O) groups excluding carboxylic acids is 2. The molecule has 0 atom stereocenters. The molecule has 0 bridgehead atoms. The molecule has 1 aromatic carbocycles. The van der Waals surface area contributed by atoms with E-state index in [9.17, 15) is 9.59 Å². The monoisotopic (exact) mass is 299 g/mol. The highest BCUT2D eigenvalue weighted by Crippen LogP contribution is 2.19. The van der Waals surface area contributed by atoms with E-state index >= 15 is 0 Å². The Morgan fingerprint density at radius 2 is 1.95 bits per heavy atom. The van der Waals surface area contributed by atoms with E-state index in [2.05, 4.69) is 15.5 Å². The normalized spacial score (nSPS) is 14.4. The Morgan fingerprint density at radius 3 is 2.68 bits per heavy atom. The minimum Gasteiger partial charge on any atom is -0.395 e. The molecule has 2 N–H and O–H groups in total. The van der Waals surface area contributed by atoms with Gasteiger partial charge < -0.3 is 10.4 Å². The van der Waals surface area contributed by atoms with Gasteiger partial charge in [0, 0.05) is 11.8 Å². The Balaban J connectivity index is 1.80. The average molecular weight is 299 g/mol. The first-order chi connectivity index (χ1) is 10.7. The fourth-order valence-corrected chi connectivity index (χ4v) is 2.12. The summed E-state index contributed by atoms with van der Waals surface area (Å²) in [6.45, 7) is -0.282. The van der Waals surface area contributed by atoms with E-state index in [0.717, 1.165) is 10.6 Å². The van der Waals surface area contributed by atoms with E-state index in [-0.39, 0.29) is 18.8 Å². The summed E-state index contributed by atoms with van der Waals surface area (Å²) >= 11 is 0. The molecule has 0 unspecified atom stereocenters. The highest BCUT2D eigenvalue weighted by molar-refractivity contribution is 6.17. The van der Waals surface area contributed by atoms with Gasteiger partial charge in [0.25, 0.3) is 11.8 Å². The quantitative estimate of drug-likeness (QED) is 0.749. The summed E-state index contributed by atoms with van der Waals surface area (Å²) in [6.07, 6.45) is 4.35. The van der Waals surface area contributed by atoms with E-state index in [1.165, 1.54) is 10.9 Å². The fraction of sp³-hybridized carbons (Fsp3) is 0.143. The summed E-state index contributed by atoms with van der Waals surface area (Å²) in [7, 11) is 0. The number of hydrogen-bond donors (Lipinski definition) is 2. The second-order valence-corrected chi connectivity index (χ2v) is 4.57. The molecule has 8 nitrogen and oxygen atoms in total. The van der Waals surface area contributed by atoms with E-state index in [4.69, 9.17) is 5.11 Å². The molecule has 0 saturated heterocycles. The number of imide groups is 1. The Bertz CT molecular complexity index is 739. The molecule has 0 fully saturated rings. The van der Waals surface area contributed by atoms with Crippen LogP contribution in [-0.2, 0) is 9.59 Å². The van der Waals surface area contributed by atoms with Crippen LogP contribution < -0.4 is 5.32 Å². The van der Waals surface area contributed by atoms with Gasteiger partial charge in [-0.05, 0) is 18.2 Å². The molecular weight excluding hydrogens is 286 g/mol. The molecule has 0 aliphatic carbocycles. The zero-order valence-corrected chi connectivity index (χ0v) is 11.5. The van der Waals surface area contributed by atoms with Crippen molar-refractivity contribution in [2.45, 2.75) is 0 Å². The molecule has 1 aromatic heterocycles. The largest absolute Gasteiger partial charge is 0.395 e. The van der Waals surface area contributed by atoms with Crippen molar-refractivity contribution < 1.29 is 14.7 Å². The lowest BCUT2D eigenvalue weighted by molar-refractivity contribution is -0.137. The molecule has 2 amide bonds. The lowest BCUT2D eigenvalue weighted by Crippen LogP contribution is -2.34. The van der Waals surface area contributed by atoms with Crippen LogP contribution in [0, 0.1) is 0 Å². The van der Waals surface area contributed by atoms with Crippen LogP contribution in [0.5, 0.6) is 0 Å². The predicted molar refractivity (Wildman–Crippen MR) is 76.9 cm³/mol. The molecule has 0 spiro atoms. The topological polar surface area (TPSA) is 100 Å². The van der Waals surface area contributed by atoms with Gasteiger partial charge in [0.05, 0.1) is 31.2 Å². The van der Waals surface area contributed by atoms with Crippen LogP contribution in [0.2, 0.25) is 0 Å². The number of hydrogen-bond acceptors (Lipinski definition) is 6. The van der Waals surface area contributed by atoms with E-state index in [1.807, 2.05) is 6.07 Å². The zero-order valence-electron chi connectivity index (χ0n) is 11.5. The number of benzene rings is 1. The van der Waals surface area contributed by atoms with Gasteiger partial charge in [0.1, 0.15) is 5.70 Å². The first-order valence-corrected chi connectivity index (χ1v) is 6.61. The fourth-order valence-electron chi connectivity index (χ4n) is 2.12. The third-order valence-corrected chi connectivity index (χ3v) is 3.11. The van der Waals surface area contributed by atoms with Crippen LogP contribution in [0.25, 0.3) is 5.69 Å².